The van der Waals surface area contributed by atoms with Gasteiger partial charge in [0.15, 0.2) is 0 Å². The zero-order valence-corrected chi connectivity index (χ0v) is 16.7. The molecule has 1 aromatic heterocycles. The van der Waals surface area contributed by atoms with Crippen LogP contribution in [0.1, 0.15) is 18.1 Å². The number of fused-ring (bicyclic) bond motifs is 1. The van der Waals surface area contributed by atoms with Crippen molar-refractivity contribution in [2.24, 2.45) is 11.5 Å². The van der Waals surface area contributed by atoms with Crippen molar-refractivity contribution in [1.29, 1.82) is 10.8 Å². The number of H-pyrrole nitrogens is 1. The second-order valence-corrected chi connectivity index (χ2v) is 7.03. The summed E-state index contributed by atoms with van der Waals surface area (Å²) in [6, 6.07) is 18.1. The van der Waals surface area contributed by atoms with E-state index in [4.69, 9.17) is 27.0 Å². The summed E-state index contributed by atoms with van der Waals surface area (Å²) in [4.78, 5) is 19.4. The number of amidine groups is 2. The first kappa shape index (κ1) is 19.8. The van der Waals surface area contributed by atoms with E-state index in [0.29, 0.717) is 28.3 Å². The fourth-order valence-corrected chi connectivity index (χ4v) is 3.29. The van der Waals surface area contributed by atoms with Crippen LogP contribution in [0.25, 0.3) is 33.5 Å². The number of nitrogens with one attached hydrogen (secondary N) is 3. The van der Waals surface area contributed by atoms with Crippen molar-refractivity contribution >= 4 is 28.7 Å². The maximum atomic E-state index is 11.5. The van der Waals surface area contributed by atoms with Crippen LogP contribution in [-0.2, 0) is 4.79 Å². The van der Waals surface area contributed by atoms with Crippen molar-refractivity contribution in [3.63, 3.8) is 0 Å². The molecule has 0 saturated heterocycles. The Morgan fingerprint density at radius 2 is 1.52 bits per heavy atom. The number of nitrogens with zero attached hydrogens (tertiary/aromatic N) is 1. The average Bonchev–Trinajstić information content (AvgIpc) is 3.16. The molecular weight excluding hydrogens is 392 g/mol. The molecule has 0 fully saturated rings. The summed E-state index contributed by atoms with van der Waals surface area (Å²) >= 11 is 0. The van der Waals surface area contributed by atoms with Gasteiger partial charge in [0.1, 0.15) is 23.2 Å². The van der Waals surface area contributed by atoms with E-state index >= 15 is 0 Å². The van der Waals surface area contributed by atoms with Crippen LogP contribution in [0.15, 0.2) is 60.7 Å². The van der Waals surface area contributed by atoms with Gasteiger partial charge in [-0.3, -0.25) is 15.6 Å². The Bertz CT molecular complexity index is 1340. The second kappa shape index (κ2) is 7.75. The number of nitrogens with two attached hydrogens (primary N) is 2. The van der Waals surface area contributed by atoms with Crippen LogP contribution in [0.2, 0.25) is 0 Å². The van der Waals surface area contributed by atoms with Crippen molar-refractivity contribution in [3.8, 4) is 28.3 Å². The number of hydrogen-bond donors (Lipinski definition) is 5. The minimum absolute atomic E-state index is 0.00446. The molecule has 0 amide bonds. The van der Waals surface area contributed by atoms with Gasteiger partial charge in [-0.15, -0.1) is 0 Å². The third kappa shape index (κ3) is 3.99. The van der Waals surface area contributed by atoms with Crippen molar-refractivity contribution in [2.75, 3.05) is 0 Å². The number of imidazole rings is 1. The molecule has 0 bridgehead atoms. The van der Waals surface area contributed by atoms with E-state index in [2.05, 4.69) is 9.97 Å². The minimum Gasteiger partial charge on any atom is -0.426 e. The highest BCUT2D eigenvalue weighted by molar-refractivity contribution is 5.98. The summed E-state index contributed by atoms with van der Waals surface area (Å²) in [5.74, 6) is 0.469. The summed E-state index contributed by atoms with van der Waals surface area (Å²) in [6.45, 7) is 1.33. The molecule has 8 nitrogen and oxygen atoms in total. The molecule has 1 heterocycles. The van der Waals surface area contributed by atoms with Gasteiger partial charge in [-0.2, -0.15) is 0 Å². The molecule has 8 heteroatoms. The van der Waals surface area contributed by atoms with Gasteiger partial charge in [-0.25, -0.2) is 4.98 Å². The third-order valence-corrected chi connectivity index (χ3v) is 4.81. The van der Waals surface area contributed by atoms with Crippen molar-refractivity contribution in [2.45, 2.75) is 6.92 Å². The lowest BCUT2D eigenvalue weighted by Gasteiger charge is -2.11. The van der Waals surface area contributed by atoms with Crippen molar-refractivity contribution < 1.29 is 9.53 Å². The predicted octanol–water partition coefficient (Wildman–Crippen LogP) is 3.39. The maximum absolute atomic E-state index is 11.5. The maximum Gasteiger partial charge on any atom is 0.308 e. The van der Waals surface area contributed by atoms with E-state index in [1.165, 1.54) is 6.92 Å². The van der Waals surface area contributed by atoms with E-state index < -0.39 is 5.97 Å². The van der Waals surface area contributed by atoms with Crippen LogP contribution in [-0.4, -0.2) is 27.6 Å². The number of ether oxygens (including phenoxy) is 1. The largest absolute Gasteiger partial charge is 0.426 e. The van der Waals surface area contributed by atoms with Gasteiger partial charge in [0.2, 0.25) is 0 Å². The molecule has 154 valence electrons. The SMILES string of the molecule is CC(=O)Oc1cc(C(=N)N)ccc1-c1ccc(-c2nc3cc(C(=N)N)ccc3[nH]2)cc1. The number of esters is 1. The second-order valence-electron chi connectivity index (χ2n) is 7.03. The number of aromatic amines is 1. The summed E-state index contributed by atoms with van der Waals surface area (Å²) in [5, 5.41) is 15.2. The van der Waals surface area contributed by atoms with Gasteiger partial charge >= 0.3 is 5.97 Å². The van der Waals surface area contributed by atoms with E-state index in [1.807, 2.05) is 30.3 Å². The Kier molecular flexibility index (Phi) is 4.96. The molecule has 0 unspecified atom stereocenters. The lowest BCUT2D eigenvalue weighted by atomic mass is 10.0. The Morgan fingerprint density at radius 1 is 0.903 bits per heavy atom. The number of nitrogen functional groups attached to an aromatic ring is 2. The van der Waals surface area contributed by atoms with Gasteiger partial charge in [-0.05, 0) is 35.9 Å². The molecule has 3 aromatic carbocycles. The molecule has 0 aliphatic carbocycles. The number of aromatic nitrogens is 2. The molecule has 0 aliphatic rings. The van der Waals surface area contributed by atoms with Crippen molar-refractivity contribution in [1.82, 2.24) is 9.97 Å². The quantitative estimate of drug-likeness (QED) is 0.147. The lowest BCUT2D eigenvalue weighted by Crippen LogP contribution is -2.12. The Morgan fingerprint density at radius 3 is 2.16 bits per heavy atom. The number of carbonyl (C=O) groups is 1. The summed E-state index contributed by atoms with van der Waals surface area (Å²) in [7, 11) is 0. The third-order valence-electron chi connectivity index (χ3n) is 4.81. The van der Waals surface area contributed by atoms with Crippen LogP contribution in [0.3, 0.4) is 0 Å². The van der Waals surface area contributed by atoms with Gasteiger partial charge in [-0.1, -0.05) is 30.3 Å². The summed E-state index contributed by atoms with van der Waals surface area (Å²) < 4.78 is 5.34. The lowest BCUT2D eigenvalue weighted by molar-refractivity contribution is -0.131. The number of carbonyl (C=O) groups excluding carboxylic acids is 1. The van der Waals surface area contributed by atoms with E-state index in [0.717, 1.165) is 22.2 Å². The van der Waals surface area contributed by atoms with E-state index in [9.17, 15) is 4.79 Å². The molecule has 4 aromatic rings. The molecule has 0 saturated carbocycles. The highest BCUT2D eigenvalue weighted by atomic mass is 16.5. The Balaban J connectivity index is 1.70. The molecule has 7 N–H and O–H groups in total. The zero-order valence-electron chi connectivity index (χ0n) is 16.7. The molecule has 0 radical (unpaired) electrons. The molecule has 4 rings (SSSR count). The fourth-order valence-electron chi connectivity index (χ4n) is 3.29. The van der Waals surface area contributed by atoms with E-state index in [1.54, 1.807) is 30.3 Å². The minimum atomic E-state index is -0.453. The summed E-state index contributed by atoms with van der Waals surface area (Å²) in [6.07, 6.45) is 0. The Hall–Kier alpha value is -4.46. The van der Waals surface area contributed by atoms with Gasteiger partial charge in [0, 0.05) is 29.2 Å². The Labute approximate surface area is 177 Å². The van der Waals surface area contributed by atoms with Crippen LogP contribution in [0, 0.1) is 10.8 Å². The van der Waals surface area contributed by atoms with Crippen molar-refractivity contribution in [3.05, 3.63) is 71.8 Å². The predicted molar refractivity (Wildman–Crippen MR) is 120 cm³/mol. The van der Waals surface area contributed by atoms with Crippen LogP contribution >= 0.6 is 0 Å². The number of hydrogen-bond acceptors (Lipinski definition) is 5. The first-order chi connectivity index (χ1) is 14.8. The van der Waals surface area contributed by atoms with Crippen LogP contribution < -0.4 is 16.2 Å². The van der Waals surface area contributed by atoms with Gasteiger partial charge < -0.3 is 21.2 Å². The topological polar surface area (TPSA) is 155 Å². The highest BCUT2D eigenvalue weighted by Crippen LogP contribution is 2.33. The number of rotatable bonds is 5. The zero-order chi connectivity index (χ0) is 22.1. The molecule has 31 heavy (non-hydrogen) atoms. The first-order valence-electron chi connectivity index (χ1n) is 9.43. The molecule has 0 spiro atoms. The summed E-state index contributed by atoms with van der Waals surface area (Å²) in [5.41, 5.74) is 16.2. The van der Waals surface area contributed by atoms with E-state index in [-0.39, 0.29) is 11.7 Å². The average molecular weight is 412 g/mol. The molecule has 0 atom stereocenters. The van der Waals surface area contributed by atoms with Crippen LogP contribution in [0.4, 0.5) is 0 Å². The standard InChI is InChI=1S/C23H20N6O2/c1-12(30)31-20-11-16(22(26)27)6-8-17(20)13-2-4-14(5-3-13)23-28-18-9-7-15(21(24)25)10-19(18)29-23/h2-11H,1H3,(H3,24,25)(H3,26,27)(H,28,29). The fraction of sp³-hybridized carbons (Fsp3) is 0.0435. The number of benzene rings is 3. The van der Waals surface area contributed by atoms with Gasteiger partial charge in [0.05, 0.1) is 11.0 Å². The monoisotopic (exact) mass is 412 g/mol. The smallest absolute Gasteiger partial charge is 0.308 e. The normalized spacial score (nSPS) is 10.7. The molecular formula is C23H20N6O2. The first-order valence-corrected chi connectivity index (χ1v) is 9.43. The van der Waals surface area contributed by atoms with Gasteiger partial charge in [0.25, 0.3) is 0 Å². The van der Waals surface area contributed by atoms with Crippen LogP contribution in [0.5, 0.6) is 5.75 Å². The molecule has 0 aliphatic heterocycles. The highest BCUT2D eigenvalue weighted by Gasteiger charge is 2.13.